The van der Waals surface area contributed by atoms with Crippen molar-refractivity contribution in [2.75, 3.05) is 17.7 Å². The first-order valence-corrected chi connectivity index (χ1v) is 9.77. The van der Waals surface area contributed by atoms with Gasteiger partial charge in [-0.15, -0.1) is 0 Å². The second kappa shape index (κ2) is 8.16. The van der Waals surface area contributed by atoms with E-state index in [-0.39, 0.29) is 17.1 Å². The van der Waals surface area contributed by atoms with Gasteiger partial charge in [-0.2, -0.15) is 5.10 Å². The number of allylic oxidation sites excluding steroid dienone is 1. The number of hydrogen-bond donors (Lipinski definition) is 3. The van der Waals surface area contributed by atoms with E-state index in [9.17, 15) is 14.7 Å². The van der Waals surface area contributed by atoms with Crippen LogP contribution in [0.25, 0.3) is 0 Å². The van der Waals surface area contributed by atoms with Gasteiger partial charge in [0.1, 0.15) is 28.9 Å². The van der Waals surface area contributed by atoms with Crippen molar-refractivity contribution in [2.45, 2.75) is 13.0 Å². The number of hydrogen-bond acceptors (Lipinski definition) is 5. The lowest BCUT2D eigenvalue weighted by molar-refractivity contribution is -0.132. The maximum atomic E-state index is 12.9. The lowest BCUT2D eigenvalue weighted by Crippen LogP contribution is -2.26. The van der Waals surface area contributed by atoms with Gasteiger partial charge in [0.2, 0.25) is 0 Å². The first-order chi connectivity index (χ1) is 14.9. The number of para-hydroxylation sites is 1. The third-order valence-corrected chi connectivity index (χ3v) is 5.41. The van der Waals surface area contributed by atoms with E-state index in [1.165, 1.54) is 19.4 Å². The molecule has 4 rings (SSSR count). The van der Waals surface area contributed by atoms with Gasteiger partial charge < -0.3 is 20.5 Å². The minimum absolute atomic E-state index is 0.0589. The Hall–Kier alpha value is -3.78. The zero-order valence-electron chi connectivity index (χ0n) is 16.7. The summed E-state index contributed by atoms with van der Waals surface area (Å²) in [4.78, 5) is 24.7. The predicted octanol–water partition coefficient (Wildman–Crippen LogP) is 4.09. The summed E-state index contributed by atoms with van der Waals surface area (Å²) in [6, 6.07) is 11.9. The number of rotatable bonds is 5. The van der Waals surface area contributed by atoms with Gasteiger partial charge in [0.05, 0.1) is 13.3 Å². The van der Waals surface area contributed by atoms with Crippen LogP contribution in [-0.2, 0) is 4.79 Å². The molecule has 2 heterocycles. The molecule has 1 amide bonds. The number of nitrogens with one attached hydrogen (secondary N) is 2. The van der Waals surface area contributed by atoms with E-state index in [4.69, 9.17) is 16.3 Å². The van der Waals surface area contributed by atoms with Crippen LogP contribution in [0, 0.1) is 6.92 Å². The maximum absolute atomic E-state index is 12.9. The van der Waals surface area contributed by atoms with Crippen LogP contribution >= 0.6 is 11.6 Å². The van der Waals surface area contributed by atoms with Crippen molar-refractivity contribution in [3.05, 3.63) is 82.1 Å². The summed E-state index contributed by atoms with van der Waals surface area (Å²) in [7, 11) is 1.54. The van der Waals surface area contributed by atoms with Crippen molar-refractivity contribution in [3.8, 4) is 5.75 Å². The number of aromatic nitrogens is 2. The quantitative estimate of drug-likeness (QED) is 0.554. The summed E-state index contributed by atoms with van der Waals surface area (Å²) >= 11 is 6.14. The number of benzene rings is 2. The average molecular weight is 439 g/mol. The molecule has 0 saturated heterocycles. The van der Waals surface area contributed by atoms with Crippen LogP contribution in [0.2, 0.25) is 5.02 Å². The number of methoxy groups -OCH3 is 1. The van der Waals surface area contributed by atoms with Gasteiger partial charge >= 0.3 is 5.97 Å². The molecule has 0 bridgehead atoms. The van der Waals surface area contributed by atoms with Crippen molar-refractivity contribution in [3.63, 3.8) is 0 Å². The van der Waals surface area contributed by atoms with Crippen molar-refractivity contribution < 1.29 is 19.4 Å². The van der Waals surface area contributed by atoms with Crippen LogP contribution in [0.3, 0.4) is 0 Å². The van der Waals surface area contributed by atoms with Gasteiger partial charge in [0.25, 0.3) is 5.91 Å². The molecule has 0 radical (unpaired) electrons. The fraction of sp³-hybridized carbons (Fsp3) is 0.136. The minimum atomic E-state index is -1.15. The zero-order chi connectivity index (χ0) is 22.1. The topological polar surface area (TPSA) is 105 Å². The fourth-order valence-corrected chi connectivity index (χ4v) is 3.57. The minimum Gasteiger partial charge on any atom is -0.496 e. The zero-order valence-corrected chi connectivity index (χ0v) is 17.5. The van der Waals surface area contributed by atoms with Crippen molar-refractivity contribution in [1.82, 2.24) is 9.78 Å². The molecular weight excluding hydrogens is 420 g/mol. The van der Waals surface area contributed by atoms with E-state index in [0.29, 0.717) is 22.0 Å². The van der Waals surface area contributed by atoms with Crippen LogP contribution in [0.15, 0.2) is 60.4 Å². The molecule has 1 unspecified atom stereocenters. The molecule has 1 aromatic heterocycles. The number of carboxylic acids is 1. The Labute approximate surface area is 183 Å². The molecule has 158 valence electrons. The van der Waals surface area contributed by atoms with Gasteiger partial charge in [-0.3, -0.25) is 4.79 Å². The molecular formula is C22H19ClN4O4. The van der Waals surface area contributed by atoms with E-state index in [1.807, 2.05) is 25.1 Å². The Balaban J connectivity index is 1.74. The van der Waals surface area contributed by atoms with Crippen molar-refractivity contribution in [1.29, 1.82) is 0 Å². The molecule has 1 aliphatic rings. The molecule has 0 spiro atoms. The first kappa shape index (κ1) is 20.5. The summed E-state index contributed by atoms with van der Waals surface area (Å²) in [5.74, 6) is -0.744. The summed E-state index contributed by atoms with van der Waals surface area (Å²) < 4.78 is 6.99. The molecule has 0 aliphatic carbocycles. The number of anilines is 2. The highest BCUT2D eigenvalue weighted by Gasteiger charge is 2.30. The van der Waals surface area contributed by atoms with Gasteiger partial charge in [-0.25, -0.2) is 9.48 Å². The number of aliphatic carboxylic acids is 1. The molecule has 3 aromatic rings. The van der Waals surface area contributed by atoms with E-state index in [2.05, 4.69) is 15.7 Å². The Morgan fingerprint density at radius 2 is 2.03 bits per heavy atom. The average Bonchev–Trinajstić information content (AvgIpc) is 3.20. The number of halogens is 1. The lowest BCUT2D eigenvalue weighted by atomic mass is 10.0. The maximum Gasteiger partial charge on any atom is 0.352 e. The number of carbonyl (C=O) groups is 2. The second-order valence-corrected chi connectivity index (χ2v) is 7.37. The molecule has 1 aliphatic heterocycles. The van der Waals surface area contributed by atoms with Gasteiger partial charge in [0.15, 0.2) is 0 Å². The molecule has 31 heavy (non-hydrogen) atoms. The number of carbonyl (C=O) groups excluding carboxylic acids is 1. The molecule has 3 N–H and O–H groups in total. The standard InChI is InChI=1S/C22H19ClN4O4/c1-12-7-8-13(9-16(12)23)25-21(28)15-11-24-27-18(10-17(22(29)30)26-20(15)27)14-5-3-4-6-19(14)31-2/h3-11,18,26H,1-2H3,(H,25,28)(H,29,30). The summed E-state index contributed by atoms with van der Waals surface area (Å²) in [5.41, 5.74) is 2.26. The van der Waals surface area contributed by atoms with Gasteiger partial charge in [-0.05, 0) is 36.8 Å². The van der Waals surface area contributed by atoms with Crippen molar-refractivity contribution in [2.24, 2.45) is 0 Å². The number of fused-ring (bicyclic) bond motifs is 1. The number of aryl methyl sites for hydroxylation is 1. The predicted molar refractivity (Wildman–Crippen MR) is 117 cm³/mol. The number of ether oxygens (including phenoxy) is 1. The summed E-state index contributed by atoms with van der Waals surface area (Å²) in [6.45, 7) is 1.86. The van der Waals surface area contributed by atoms with Crippen LogP contribution < -0.4 is 15.4 Å². The molecule has 0 saturated carbocycles. The van der Waals surface area contributed by atoms with E-state index >= 15 is 0 Å². The Bertz CT molecular complexity index is 1220. The third-order valence-electron chi connectivity index (χ3n) is 5.00. The second-order valence-electron chi connectivity index (χ2n) is 6.97. The largest absolute Gasteiger partial charge is 0.496 e. The van der Waals surface area contributed by atoms with E-state index in [0.717, 1.165) is 5.56 Å². The summed E-state index contributed by atoms with van der Waals surface area (Å²) in [5, 5.41) is 20.1. The highest BCUT2D eigenvalue weighted by atomic mass is 35.5. The highest BCUT2D eigenvalue weighted by molar-refractivity contribution is 6.31. The normalized spacial score (nSPS) is 14.8. The molecule has 2 aromatic carbocycles. The summed E-state index contributed by atoms with van der Waals surface area (Å²) in [6.07, 6.45) is 2.93. The number of nitrogens with zero attached hydrogens (tertiary/aromatic N) is 2. The Morgan fingerprint density at radius 3 is 2.74 bits per heavy atom. The first-order valence-electron chi connectivity index (χ1n) is 9.39. The molecule has 0 fully saturated rings. The van der Waals surface area contributed by atoms with Gasteiger partial charge in [-0.1, -0.05) is 35.9 Å². The smallest absolute Gasteiger partial charge is 0.352 e. The van der Waals surface area contributed by atoms with Crippen LogP contribution in [0.5, 0.6) is 5.75 Å². The Morgan fingerprint density at radius 1 is 1.26 bits per heavy atom. The highest BCUT2D eigenvalue weighted by Crippen LogP contribution is 2.36. The number of amides is 1. The van der Waals surface area contributed by atoms with E-state index < -0.39 is 17.9 Å². The van der Waals surface area contributed by atoms with Gasteiger partial charge in [0, 0.05) is 16.3 Å². The Kier molecular flexibility index (Phi) is 5.39. The fourth-order valence-electron chi connectivity index (χ4n) is 3.39. The van der Waals surface area contributed by atoms with Crippen molar-refractivity contribution >= 4 is 35.0 Å². The van der Waals surface area contributed by atoms with E-state index in [1.54, 1.807) is 28.9 Å². The molecule has 8 nitrogen and oxygen atoms in total. The third kappa shape index (κ3) is 3.85. The molecule has 9 heteroatoms. The molecule has 1 atom stereocenters. The lowest BCUT2D eigenvalue weighted by Gasteiger charge is -2.25. The monoisotopic (exact) mass is 438 g/mol. The SMILES string of the molecule is COc1ccccc1C1C=C(C(=O)O)Nc2c(C(=O)Nc3ccc(C)c(Cl)c3)cnn21. The van der Waals surface area contributed by atoms with Crippen LogP contribution in [-0.4, -0.2) is 33.9 Å². The van der Waals surface area contributed by atoms with Crippen LogP contribution in [0.1, 0.15) is 27.5 Å². The number of carboxylic acid groups (broad SMARTS) is 1. The van der Waals surface area contributed by atoms with Crippen LogP contribution in [0.4, 0.5) is 11.5 Å².